The van der Waals surface area contributed by atoms with Crippen molar-refractivity contribution in [2.24, 2.45) is 0 Å². The third kappa shape index (κ3) is 3.01. The van der Waals surface area contributed by atoms with Crippen molar-refractivity contribution < 1.29 is 0 Å². The Morgan fingerprint density at radius 3 is 3.10 bits per heavy atom. The molecule has 0 fully saturated rings. The third-order valence-electron chi connectivity index (χ3n) is 3.83. The van der Waals surface area contributed by atoms with Crippen molar-refractivity contribution >= 4 is 38.6 Å². The predicted octanol–water partition coefficient (Wildman–Crippen LogP) is 5.26. The molecule has 2 aromatic rings. The number of thiazole rings is 1. The fourth-order valence-electron chi connectivity index (χ4n) is 2.75. The minimum Gasteiger partial charge on any atom is -0.301 e. The lowest BCUT2D eigenvalue weighted by Gasteiger charge is -2.26. The van der Waals surface area contributed by atoms with Crippen molar-refractivity contribution in [1.82, 2.24) is 10.3 Å². The van der Waals surface area contributed by atoms with E-state index in [4.69, 9.17) is 0 Å². The number of hydrogen-bond donors (Lipinski definition) is 1. The summed E-state index contributed by atoms with van der Waals surface area (Å²) >= 11 is 7.35. The molecule has 0 radical (unpaired) electrons. The zero-order valence-corrected chi connectivity index (χ0v) is 15.0. The highest BCUT2D eigenvalue weighted by atomic mass is 79.9. The van der Waals surface area contributed by atoms with Gasteiger partial charge in [0.1, 0.15) is 5.01 Å². The average Bonchev–Trinajstić information content (AvgIpc) is 3.04. The van der Waals surface area contributed by atoms with Crippen molar-refractivity contribution in [2.45, 2.75) is 51.6 Å². The molecule has 2 aromatic heterocycles. The van der Waals surface area contributed by atoms with Crippen molar-refractivity contribution in [3.63, 3.8) is 0 Å². The van der Waals surface area contributed by atoms with E-state index in [2.05, 4.69) is 46.1 Å². The van der Waals surface area contributed by atoms with Crippen LogP contribution >= 0.6 is 38.6 Å². The monoisotopic (exact) mass is 370 g/mol. The second-order valence-electron chi connectivity index (χ2n) is 5.28. The first-order valence-corrected chi connectivity index (χ1v) is 9.58. The van der Waals surface area contributed by atoms with Gasteiger partial charge in [-0.25, -0.2) is 4.98 Å². The van der Waals surface area contributed by atoms with Gasteiger partial charge in [-0.2, -0.15) is 0 Å². The summed E-state index contributed by atoms with van der Waals surface area (Å²) in [6.45, 7) is 4.42. The Bertz CT molecular complexity index is 590. The molecule has 0 spiro atoms. The van der Waals surface area contributed by atoms with Crippen LogP contribution in [0, 0.1) is 0 Å². The lowest BCUT2D eigenvalue weighted by atomic mass is 9.93. The van der Waals surface area contributed by atoms with Gasteiger partial charge in [0.2, 0.25) is 0 Å². The van der Waals surface area contributed by atoms with Gasteiger partial charge in [0, 0.05) is 22.0 Å². The zero-order valence-electron chi connectivity index (χ0n) is 11.8. The number of halogens is 1. The molecule has 0 amide bonds. The van der Waals surface area contributed by atoms with Gasteiger partial charge in [-0.1, -0.05) is 6.92 Å². The average molecular weight is 371 g/mol. The lowest BCUT2D eigenvalue weighted by Crippen LogP contribution is -2.26. The van der Waals surface area contributed by atoms with Crippen LogP contribution in [0.4, 0.5) is 0 Å². The molecule has 2 unspecified atom stereocenters. The minimum atomic E-state index is 0.329. The molecule has 3 rings (SSSR count). The van der Waals surface area contributed by atoms with Gasteiger partial charge >= 0.3 is 0 Å². The number of thiophene rings is 1. The van der Waals surface area contributed by atoms with Crippen LogP contribution in [0.2, 0.25) is 0 Å². The van der Waals surface area contributed by atoms with Gasteiger partial charge in [0.05, 0.1) is 9.83 Å². The smallest absolute Gasteiger partial charge is 0.109 e. The van der Waals surface area contributed by atoms with Crippen molar-refractivity contribution in [1.29, 1.82) is 0 Å². The number of hydrogen-bond acceptors (Lipinski definition) is 4. The van der Waals surface area contributed by atoms with Crippen LogP contribution in [0.15, 0.2) is 16.0 Å². The van der Waals surface area contributed by atoms with E-state index in [1.807, 2.05) is 28.9 Å². The molecule has 108 valence electrons. The topological polar surface area (TPSA) is 24.9 Å². The van der Waals surface area contributed by atoms with Crippen LogP contribution in [0.25, 0.3) is 0 Å². The first kappa shape index (κ1) is 14.7. The van der Waals surface area contributed by atoms with E-state index >= 15 is 0 Å². The van der Waals surface area contributed by atoms with Gasteiger partial charge in [-0.3, -0.25) is 0 Å². The molecule has 0 saturated carbocycles. The second-order valence-corrected chi connectivity index (χ2v) is 8.94. The van der Waals surface area contributed by atoms with Crippen molar-refractivity contribution in [3.05, 3.63) is 36.4 Å². The summed E-state index contributed by atoms with van der Waals surface area (Å²) in [5.41, 5.74) is 1.49. The van der Waals surface area contributed by atoms with Gasteiger partial charge in [-0.05, 0) is 60.2 Å². The van der Waals surface area contributed by atoms with E-state index in [0.717, 1.165) is 6.42 Å². The Hall–Kier alpha value is -0.230. The van der Waals surface area contributed by atoms with E-state index in [1.165, 1.54) is 38.5 Å². The summed E-state index contributed by atoms with van der Waals surface area (Å²) in [6.07, 6.45) is 6.84. The maximum Gasteiger partial charge on any atom is 0.109 e. The van der Waals surface area contributed by atoms with E-state index in [1.54, 1.807) is 4.88 Å². The highest BCUT2D eigenvalue weighted by Crippen LogP contribution is 2.39. The molecule has 1 aliphatic carbocycles. The molecule has 2 atom stereocenters. The second kappa shape index (κ2) is 6.26. The lowest BCUT2D eigenvalue weighted by molar-refractivity contribution is 0.417. The number of aromatic nitrogens is 1. The minimum absolute atomic E-state index is 0.329. The van der Waals surface area contributed by atoms with E-state index in [9.17, 15) is 0 Å². The van der Waals surface area contributed by atoms with Crippen LogP contribution in [0.5, 0.6) is 0 Å². The van der Waals surface area contributed by atoms with Crippen LogP contribution in [0.1, 0.15) is 59.1 Å². The fourth-order valence-corrected chi connectivity index (χ4v) is 5.44. The summed E-state index contributed by atoms with van der Waals surface area (Å²) in [7, 11) is 0. The standard InChI is InChI=1S/C15H19BrN2S2/c1-3-10-8-17-15(19-10)9(2)18-12-5-4-6-13-11(12)7-14(16)20-13/h7-9,12,18H,3-6H2,1-2H3. The molecule has 0 bridgehead atoms. The molecule has 1 aliphatic rings. The van der Waals surface area contributed by atoms with E-state index in [-0.39, 0.29) is 0 Å². The molecule has 0 saturated heterocycles. The largest absolute Gasteiger partial charge is 0.301 e. The van der Waals surface area contributed by atoms with Crippen LogP contribution in [-0.4, -0.2) is 4.98 Å². The van der Waals surface area contributed by atoms with Gasteiger partial charge < -0.3 is 5.32 Å². The van der Waals surface area contributed by atoms with Gasteiger partial charge in [0.25, 0.3) is 0 Å². The molecule has 1 N–H and O–H groups in total. The normalized spacial score (nSPS) is 19.9. The highest BCUT2D eigenvalue weighted by Gasteiger charge is 2.24. The molecular weight excluding hydrogens is 352 g/mol. The Morgan fingerprint density at radius 1 is 1.50 bits per heavy atom. The summed E-state index contributed by atoms with van der Waals surface area (Å²) in [6, 6.07) is 3.10. The summed E-state index contributed by atoms with van der Waals surface area (Å²) in [5.74, 6) is 0. The highest BCUT2D eigenvalue weighted by molar-refractivity contribution is 9.11. The Kier molecular flexibility index (Phi) is 4.60. The SMILES string of the molecule is CCc1cnc(C(C)NC2CCCc3sc(Br)cc32)s1. The Balaban J connectivity index is 1.74. The fraction of sp³-hybridized carbons (Fsp3) is 0.533. The van der Waals surface area contributed by atoms with E-state index in [0.29, 0.717) is 12.1 Å². The number of rotatable bonds is 4. The summed E-state index contributed by atoms with van der Waals surface area (Å²) in [5, 5.41) is 4.99. The molecule has 5 heteroatoms. The molecule has 2 heterocycles. The number of nitrogens with zero attached hydrogens (tertiary/aromatic N) is 1. The molecule has 0 aliphatic heterocycles. The maximum atomic E-state index is 4.56. The molecule has 0 aromatic carbocycles. The number of fused-ring (bicyclic) bond motifs is 1. The molecule has 20 heavy (non-hydrogen) atoms. The quantitative estimate of drug-likeness (QED) is 0.793. The summed E-state index contributed by atoms with van der Waals surface area (Å²) < 4.78 is 1.26. The van der Waals surface area contributed by atoms with E-state index < -0.39 is 0 Å². The van der Waals surface area contributed by atoms with Gasteiger partial charge in [-0.15, -0.1) is 22.7 Å². The number of nitrogens with one attached hydrogen (secondary N) is 1. The van der Waals surface area contributed by atoms with Crippen LogP contribution in [0.3, 0.4) is 0 Å². The number of aryl methyl sites for hydroxylation is 2. The maximum absolute atomic E-state index is 4.56. The third-order valence-corrected chi connectivity index (χ3v) is 6.86. The van der Waals surface area contributed by atoms with Crippen molar-refractivity contribution in [3.8, 4) is 0 Å². The first-order chi connectivity index (χ1) is 9.67. The Morgan fingerprint density at radius 2 is 2.35 bits per heavy atom. The first-order valence-electron chi connectivity index (χ1n) is 7.16. The summed E-state index contributed by atoms with van der Waals surface area (Å²) in [4.78, 5) is 7.48. The van der Waals surface area contributed by atoms with Crippen LogP contribution in [-0.2, 0) is 12.8 Å². The van der Waals surface area contributed by atoms with Gasteiger partial charge in [0.15, 0.2) is 0 Å². The van der Waals surface area contributed by atoms with Crippen LogP contribution < -0.4 is 5.32 Å². The molecular formula is C15H19BrN2S2. The zero-order chi connectivity index (χ0) is 14.1. The molecule has 2 nitrogen and oxygen atoms in total. The Labute approximate surface area is 136 Å². The van der Waals surface area contributed by atoms with Crippen molar-refractivity contribution in [2.75, 3.05) is 0 Å². The predicted molar refractivity (Wildman–Crippen MR) is 90.7 cm³/mol.